The molecule has 6 heteroatoms. The van der Waals surface area contributed by atoms with Gasteiger partial charge in [0.2, 0.25) is 0 Å². The first-order valence-corrected chi connectivity index (χ1v) is 26.1. The number of fused-ring (bicyclic) bond motifs is 14. The van der Waals surface area contributed by atoms with Gasteiger partial charge >= 0.3 is 0 Å². The van der Waals surface area contributed by atoms with Gasteiger partial charge in [0.25, 0.3) is 0 Å². The Morgan fingerprint density at radius 2 is 0.455 bits per heavy atom. The fraction of sp³-hybridized carbons (Fsp3) is 0.0141. The molecule has 0 bridgehead atoms. The highest BCUT2D eigenvalue weighted by atomic mass is 15.0. The molecule has 2 aliphatic rings. The van der Waals surface area contributed by atoms with E-state index in [1.165, 1.54) is 44.5 Å². The van der Waals surface area contributed by atoms with E-state index in [9.17, 15) is 0 Å². The van der Waals surface area contributed by atoms with E-state index in [4.69, 9.17) is 29.9 Å². The van der Waals surface area contributed by atoms with Crippen LogP contribution in [0.2, 0.25) is 0 Å². The molecule has 356 valence electrons. The molecular formula is C71H42N6. The maximum Gasteiger partial charge on any atom is 0.164 e. The average molecular weight is 979 g/mol. The Kier molecular flexibility index (Phi) is 9.45. The molecule has 0 fully saturated rings. The van der Waals surface area contributed by atoms with Crippen molar-refractivity contribution in [2.24, 2.45) is 0 Å². The van der Waals surface area contributed by atoms with Crippen molar-refractivity contribution in [1.29, 1.82) is 0 Å². The van der Waals surface area contributed by atoms with Gasteiger partial charge in [-0.25, -0.2) is 29.9 Å². The van der Waals surface area contributed by atoms with E-state index >= 15 is 0 Å². The molecule has 0 N–H and O–H groups in total. The summed E-state index contributed by atoms with van der Waals surface area (Å²) in [5, 5.41) is 8.84. The Morgan fingerprint density at radius 1 is 0.195 bits per heavy atom. The van der Waals surface area contributed by atoms with E-state index in [0.29, 0.717) is 34.9 Å². The molecule has 1 spiro atoms. The van der Waals surface area contributed by atoms with Gasteiger partial charge in [-0.15, -0.1) is 0 Å². The third-order valence-electron chi connectivity index (χ3n) is 16.0. The van der Waals surface area contributed by atoms with E-state index in [-0.39, 0.29) is 0 Å². The van der Waals surface area contributed by atoms with Crippen molar-refractivity contribution in [2.45, 2.75) is 5.41 Å². The van der Waals surface area contributed by atoms with Crippen LogP contribution in [-0.4, -0.2) is 29.9 Å². The Morgan fingerprint density at radius 3 is 0.805 bits per heavy atom. The molecule has 77 heavy (non-hydrogen) atoms. The number of hydrogen-bond donors (Lipinski definition) is 0. The van der Waals surface area contributed by atoms with Crippen LogP contribution in [0.25, 0.3) is 134 Å². The minimum Gasteiger partial charge on any atom is -0.208 e. The summed E-state index contributed by atoms with van der Waals surface area (Å²) in [7, 11) is 0. The second-order valence-corrected chi connectivity index (χ2v) is 20.1. The van der Waals surface area contributed by atoms with E-state index in [0.717, 1.165) is 76.5 Å². The topological polar surface area (TPSA) is 77.3 Å². The maximum atomic E-state index is 5.42. The molecule has 0 aliphatic heterocycles. The lowest BCUT2D eigenvalue weighted by Crippen LogP contribution is -2.26. The van der Waals surface area contributed by atoms with E-state index in [1.807, 2.05) is 0 Å². The Labute approximate surface area is 443 Å². The molecule has 0 saturated carbocycles. The van der Waals surface area contributed by atoms with Crippen LogP contribution in [0.1, 0.15) is 22.3 Å². The molecule has 0 unspecified atom stereocenters. The minimum atomic E-state index is -0.711. The van der Waals surface area contributed by atoms with Crippen LogP contribution in [0.4, 0.5) is 0 Å². The average Bonchev–Trinajstić information content (AvgIpc) is 4.18. The fourth-order valence-electron chi connectivity index (χ4n) is 12.6. The molecule has 0 atom stereocenters. The first-order chi connectivity index (χ1) is 38.2. The van der Waals surface area contributed by atoms with Crippen molar-refractivity contribution in [3.63, 3.8) is 0 Å². The molecule has 0 radical (unpaired) electrons. The van der Waals surface area contributed by atoms with Crippen LogP contribution in [0, 0.1) is 0 Å². The lowest BCUT2D eigenvalue weighted by Gasteiger charge is -2.31. The van der Waals surface area contributed by atoms with Gasteiger partial charge < -0.3 is 0 Å². The van der Waals surface area contributed by atoms with Crippen LogP contribution in [0.3, 0.4) is 0 Å². The van der Waals surface area contributed by atoms with Crippen molar-refractivity contribution >= 4 is 43.1 Å². The molecule has 2 aliphatic carbocycles. The lowest BCUT2D eigenvalue weighted by molar-refractivity contribution is 0.794. The standard InChI is InChI=1S/C71H42N6/c1-5-25-49-43(17-1)21-13-31-57(49)67-72-65(73-68(76-67)58-32-14-22-44-18-2-6-26-50(44)58)47-37-39-55-53-29-9-11-35-61(53)71(63(55)41-47)62-36-12-10-30-54(62)56-40-38-48(42-64(56)71)66-74-69(59-33-15-23-45-19-3-7-27-51(45)59)77-70(75-66)60-34-16-24-46-20-4-8-28-52(46)60/h1-42H. The Balaban J connectivity index is 0.933. The summed E-state index contributed by atoms with van der Waals surface area (Å²) in [6.07, 6.45) is 0. The van der Waals surface area contributed by atoms with Gasteiger partial charge in [0.15, 0.2) is 34.9 Å². The lowest BCUT2D eigenvalue weighted by atomic mass is 9.70. The van der Waals surface area contributed by atoms with Crippen LogP contribution in [0.15, 0.2) is 255 Å². The highest BCUT2D eigenvalue weighted by Gasteiger charge is 2.52. The number of aromatic nitrogens is 6. The van der Waals surface area contributed by atoms with Crippen molar-refractivity contribution in [3.8, 4) is 90.6 Å². The minimum absolute atomic E-state index is 0.604. The Hall–Kier alpha value is -10.3. The predicted molar refractivity (Wildman–Crippen MR) is 312 cm³/mol. The van der Waals surface area contributed by atoms with Gasteiger partial charge in [-0.05, 0) is 99.7 Å². The summed E-state index contributed by atoms with van der Waals surface area (Å²) in [4.78, 5) is 32.3. The number of rotatable bonds is 6. The van der Waals surface area contributed by atoms with Crippen molar-refractivity contribution in [1.82, 2.24) is 29.9 Å². The number of benzene rings is 12. The molecule has 2 aromatic heterocycles. The van der Waals surface area contributed by atoms with Crippen LogP contribution >= 0.6 is 0 Å². The second kappa shape index (κ2) is 16.9. The summed E-state index contributed by atoms with van der Waals surface area (Å²) >= 11 is 0. The van der Waals surface area contributed by atoms with Gasteiger partial charge in [0.05, 0.1) is 5.41 Å². The Bertz CT molecular complexity index is 4270. The van der Waals surface area contributed by atoms with Gasteiger partial charge in [0.1, 0.15) is 0 Å². The zero-order valence-electron chi connectivity index (χ0n) is 41.4. The van der Waals surface area contributed by atoms with Gasteiger partial charge in [-0.2, -0.15) is 0 Å². The quantitative estimate of drug-likeness (QED) is 0.165. The third kappa shape index (κ3) is 6.55. The van der Waals surface area contributed by atoms with Crippen LogP contribution in [0.5, 0.6) is 0 Å². The fourth-order valence-corrected chi connectivity index (χ4v) is 12.6. The molecule has 6 nitrogen and oxygen atoms in total. The molecule has 0 amide bonds. The van der Waals surface area contributed by atoms with Crippen molar-refractivity contribution < 1.29 is 0 Å². The highest BCUT2D eigenvalue weighted by Crippen LogP contribution is 2.63. The second-order valence-electron chi connectivity index (χ2n) is 20.1. The molecule has 12 aromatic carbocycles. The third-order valence-corrected chi connectivity index (χ3v) is 16.0. The largest absolute Gasteiger partial charge is 0.208 e. The SMILES string of the molecule is c1ccc2c(c1)-c1ccc(-c3nc(-c4cccc5ccccc45)nc(-c4cccc5ccccc45)n3)cc1C21c2ccccc2-c2ccc(-c3nc(-c4cccc5ccccc45)nc(-c4cccc5ccccc45)n3)cc21. The van der Waals surface area contributed by atoms with Crippen LogP contribution < -0.4 is 0 Å². The molecular weight excluding hydrogens is 937 g/mol. The summed E-state index contributed by atoms with van der Waals surface area (Å²) in [6, 6.07) is 90.6. The molecule has 16 rings (SSSR count). The highest BCUT2D eigenvalue weighted by molar-refractivity contribution is 6.01. The summed E-state index contributed by atoms with van der Waals surface area (Å²) in [6.45, 7) is 0. The summed E-state index contributed by atoms with van der Waals surface area (Å²) in [5.41, 5.74) is 14.4. The van der Waals surface area contributed by atoms with Crippen LogP contribution in [-0.2, 0) is 5.41 Å². The molecule has 0 saturated heterocycles. The zero-order valence-corrected chi connectivity index (χ0v) is 41.4. The van der Waals surface area contributed by atoms with E-state index < -0.39 is 5.41 Å². The number of nitrogens with zero attached hydrogens (tertiary/aromatic N) is 6. The molecule has 2 heterocycles. The predicted octanol–water partition coefficient (Wildman–Crippen LogP) is 17.0. The maximum absolute atomic E-state index is 5.42. The zero-order chi connectivity index (χ0) is 50.6. The summed E-state index contributed by atoms with van der Waals surface area (Å²) in [5.74, 6) is 3.70. The smallest absolute Gasteiger partial charge is 0.164 e. The van der Waals surface area contributed by atoms with Gasteiger partial charge in [-0.3, -0.25) is 0 Å². The first-order valence-electron chi connectivity index (χ1n) is 26.1. The van der Waals surface area contributed by atoms with E-state index in [2.05, 4.69) is 255 Å². The van der Waals surface area contributed by atoms with Gasteiger partial charge in [-0.1, -0.05) is 243 Å². The van der Waals surface area contributed by atoms with Gasteiger partial charge in [0, 0.05) is 33.4 Å². The van der Waals surface area contributed by atoms with Crippen molar-refractivity contribution in [3.05, 3.63) is 277 Å². The molecule has 14 aromatic rings. The van der Waals surface area contributed by atoms with E-state index in [1.54, 1.807) is 0 Å². The first kappa shape index (κ1) is 43.1. The summed E-state index contributed by atoms with van der Waals surface area (Å²) < 4.78 is 0. The van der Waals surface area contributed by atoms with Crippen molar-refractivity contribution in [2.75, 3.05) is 0 Å². The monoisotopic (exact) mass is 978 g/mol. The number of hydrogen-bond acceptors (Lipinski definition) is 6. The normalized spacial score (nSPS) is 12.8.